The summed E-state index contributed by atoms with van der Waals surface area (Å²) >= 11 is 0. The second kappa shape index (κ2) is 14.4. The fraction of sp³-hybridized carbons (Fsp3) is 0.833. The van der Waals surface area contributed by atoms with Gasteiger partial charge in [0.1, 0.15) is 24.2 Å². The summed E-state index contributed by atoms with van der Waals surface area (Å²) in [4.78, 5) is 81.5. The fourth-order valence-electron chi connectivity index (χ4n) is 7.17. The lowest BCUT2D eigenvalue weighted by Crippen LogP contribution is -2.62. The largest absolute Gasteiger partial charge is 0.460 e. The summed E-state index contributed by atoms with van der Waals surface area (Å²) in [6, 6.07) is -4.67. The molecule has 4 rings (SSSR count). The van der Waals surface area contributed by atoms with Crippen molar-refractivity contribution >= 4 is 35.5 Å². The Kier molecular flexibility index (Phi) is 11.3. The Balaban J connectivity index is 1.53. The molecule has 1 aliphatic heterocycles. The van der Waals surface area contributed by atoms with Crippen molar-refractivity contribution in [2.45, 2.75) is 138 Å². The summed E-state index contributed by atoms with van der Waals surface area (Å²) in [6.45, 7) is 17.3. The minimum Gasteiger partial charge on any atom is -0.460 e. The molecule has 6 atom stereocenters. The van der Waals surface area contributed by atoms with Gasteiger partial charge in [-0.05, 0) is 78.4 Å². The number of hydrogen-bond acceptors (Lipinski definition) is 7. The van der Waals surface area contributed by atoms with Gasteiger partial charge in [-0.25, -0.2) is 9.59 Å². The van der Waals surface area contributed by atoms with E-state index in [1.807, 2.05) is 62.3 Å². The quantitative estimate of drug-likeness (QED) is 0.161. The van der Waals surface area contributed by atoms with E-state index in [0.29, 0.717) is 18.3 Å². The van der Waals surface area contributed by atoms with Gasteiger partial charge in [0.15, 0.2) is 0 Å². The maximum absolute atomic E-state index is 14.5. The minimum absolute atomic E-state index is 0.0289. The molecule has 1 saturated heterocycles. The number of ketones is 1. The second-order valence-corrected chi connectivity index (χ2v) is 17.5. The molecule has 0 aromatic heterocycles. The molecule has 270 valence electrons. The van der Waals surface area contributed by atoms with Crippen molar-refractivity contribution in [2.24, 2.45) is 52.1 Å². The average Bonchev–Trinajstić information content (AvgIpc) is 3.81. The molecular weight excluding hydrogens is 614 g/mol. The second-order valence-electron chi connectivity index (χ2n) is 17.5. The number of Topliss-reactive ketones (excluding diaryl/α,β-unsaturated/α-hetero) is 1. The molecule has 0 radical (unpaired) electrons. The third-order valence-corrected chi connectivity index (χ3v) is 10.7. The molecule has 0 spiro atoms. The molecule has 3 aliphatic carbocycles. The van der Waals surface area contributed by atoms with E-state index in [2.05, 4.69) is 16.0 Å². The molecule has 3 saturated carbocycles. The Bertz CT molecular complexity index is 1250. The number of nitrogens with zero attached hydrogens (tertiary/aromatic N) is 1. The number of hydrogen-bond donors (Lipinski definition) is 4. The topological polar surface area (TPSA) is 177 Å². The number of primary amides is 1. The highest BCUT2D eigenvalue weighted by molar-refractivity contribution is 6.37. The summed E-state index contributed by atoms with van der Waals surface area (Å²) in [5, 5.41) is 8.43. The molecule has 5 N–H and O–H groups in total. The zero-order chi connectivity index (χ0) is 35.9. The van der Waals surface area contributed by atoms with Crippen LogP contribution < -0.4 is 21.7 Å². The first-order valence-electron chi connectivity index (χ1n) is 17.9. The monoisotopic (exact) mass is 673 g/mol. The molecule has 0 aromatic carbocycles. The van der Waals surface area contributed by atoms with Crippen LogP contribution in [0.2, 0.25) is 0 Å². The number of nitrogens with one attached hydrogen (secondary N) is 3. The number of esters is 1. The summed E-state index contributed by atoms with van der Waals surface area (Å²) in [5.41, 5.74) is 3.88. The molecule has 4 fully saturated rings. The van der Waals surface area contributed by atoms with E-state index in [1.165, 1.54) is 4.90 Å². The van der Waals surface area contributed by atoms with Crippen molar-refractivity contribution in [3.8, 4) is 0 Å². The first kappa shape index (κ1) is 37.6. The number of likely N-dealkylation sites (tertiary alicyclic amines) is 1. The van der Waals surface area contributed by atoms with Crippen LogP contribution in [0.3, 0.4) is 0 Å². The van der Waals surface area contributed by atoms with Crippen molar-refractivity contribution in [3.63, 3.8) is 0 Å². The van der Waals surface area contributed by atoms with Crippen LogP contribution in [-0.2, 0) is 28.7 Å². The lowest BCUT2D eigenvalue weighted by atomic mass is 9.83. The first-order valence-corrected chi connectivity index (χ1v) is 17.9. The number of ether oxygens (including phenoxy) is 1. The van der Waals surface area contributed by atoms with Crippen molar-refractivity contribution in [1.82, 2.24) is 20.9 Å². The first-order chi connectivity index (χ1) is 22.2. The van der Waals surface area contributed by atoms with E-state index in [9.17, 15) is 28.8 Å². The van der Waals surface area contributed by atoms with E-state index < -0.39 is 70.5 Å². The molecular formula is C36H59N5O7. The van der Waals surface area contributed by atoms with Crippen LogP contribution in [-0.4, -0.2) is 77.2 Å². The van der Waals surface area contributed by atoms with Crippen LogP contribution in [0, 0.1) is 46.3 Å². The van der Waals surface area contributed by atoms with Gasteiger partial charge in [-0.1, -0.05) is 75.2 Å². The number of carbonyl (C=O) groups excluding carboxylic acids is 6. The summed E-state index contributed by atoms with van der Waals surface area (Å²) in [6.07, 6.45) is 6.22. The summed E-state index contributed by atoms with van der Waals surface area (Å²) in [5.74, 6) is -2.54. The highest BCUT2D eigenvalue weighted by Gasteiger charge is 2.51. The highest BCUT2D eigenvalue weighted by atomic mass is 16.5. The maximum atomic E-state index is 14.5. The average molecular weight is 674 g/mol. The fourth-order valence-corrected chi connectivity index (χ4v) is 7.17. The predicted molar refractivity (Wildman–Crippen MR) is 180 cm³/mol. The standard InChI is InChI=1S/C36H59N5O7/c1-18(2)23-17-41(25(19(23)3)31(44)38-24(16-20-10-11-20)26(42)30(37)43)32(45)28(35(4,5)6)39-34(47)40-29(36(7,8)9)33(46)48-27(21-12-13-21)22-14-15-22/h18-25,27-29H,10-17H2,1-9H3,(H2,37,43)(H,38,44)(H2,39,40,47)/t19?,23-,24?,25+,28-,29-/m1/s1. The SMILES string of the molecule is CC(C)[C@H]1CN(C(=O)[C@@H](NC(=O)N[C@H](C(=O)OC(C2CC2)C2CC2)C(C)(C)C)C(C)(C)C)[C@H](C(=O)NC(CC2CC2)C(=O)C(N)=O)C1C. The summed E-state index contributed by atoms with van der Waals surface area (Å²) in [7, 11) is 0. The smallest absolute Gasteiger partial charge is 0.329 e. The Morgan fingerprint density at radius 1 is 0.812 bits per heavy atom. The maximum Gasteiger partial charge on any atom is 0.329 e. The van der Waals surface area contributed by atoms with Gasteiger partial charge in [-0.2, -0.15) is 0 Å². The van der Waals surface area contributed by atoms with Gasteiger partial charge in [-0.15, -0.1) is 0 Å². The number of urea groups is 1. The van der Waals surface area contributed by atoms with Gasteiger partial charge in [-0.3, -0.25) is 19.2 Å². The van der Waals surface area contributed by atoms with Crippen LogP contribution in [0.4, 0.5) is 4.79 Å². The lowest BCUT2D eigenvalue weighted by molar-refractivity contribution is -0.156. The number of nitrogens with two attached hydrogens (primary N) is 1. The molecule has 2 unspecified atom stereocenters. The van der Waals surface area contributed by atoms with Crippen LogP contribution >= 0.6 is 0 Å². The Morgan fingerprint density at radius 3 is 1.77 bits per heavy atom. The van der Waals surface area contributed by atoms with E-state index in [4.69, 9.17) is 10.5 Å². The van der Waals surface area contributed by atoms with E-state index in [0.717, 1.165) is 38.5 Å². The Hall–Kier alpha value is -3.18. The van der Waals surface area contributed by atoms with Gasteiger partial charge in [0.25, 0.3) is 5.91 Å². The zero-order valence-corrected chi connectivity index (χ0v) is 30.4. The Labute approximate surface area is 285 Å². The molecule has 12 heteroatoms. The number of amides is 5. The third kappa shape index (κ3) is 9.28. The van der Waals surface area contributed by atoms with Gasteiger partial charge >= 0.3 is 12.0 Å². The third-order valence-electron chi connectivity index (χ3n) is 10.7. The lowest BCUT2D eigenvalue weighted by Gasteiger charge is -2.37. The molecule has 5 amide bonds. The zero-order valence-electron chi connectivity index (χ0n) is 30.4. The van der Waals surface area contributed by atoms with Crippen LogP contribution in [0.1, 0.15) is 107 Å². The van der Waals surface area contributed by atoms with E-state index in [-0.39, 0.29) is 36.3 Å². The predicted octanol–water partition coefficient (Wildman–Crippen LogP) is 3.31. The normalized spacial score (nSPS) is 24.9. The van der Waals surface area contributed by atoms with E-state index >= 15 is 0 Å². The van der Waals surface area contributed by atoms with Crippen molar-refractivity contribution in [2.75, 3.05) is 6.54 Å². The van der Waals surface area contributed by atoms with Gasteiger partial charge in [0.2, 0.25) is 17.6 Å². The van der Waals surface area contributed by atoms with Gasteiger partial charge in [0, 0.05) is 6.54 Å². The number of carbonyl (C=O) groups is 6. The van der Waals surface area contributed by atoms with Gasteiger partial charge < -0.3 is 31.3 Å². The van der Waals surface area contributed by atoms with E-state index in [1.54, 1.807) is 0 Å². The Morgan fingerprint density at radius 2 is 1.33 bits per heavy atom. The molecule has 48 heavy (non-hydrogen) atoms. The van der Waals surface area contributed by atoms with Crippen LogP contribution in [0.25, 0.3) is 0 Å². The highest BCUT2D eigenvalue weighted by Crippen LogP contribution is 2.46. The molecule has 4 aliphatic rings. The molecule has 12 nitrogen and oxygen atoms in total. The van der Waals surface area contributed by atoms with Crippen molar-refractivity contribution in [1.29, 1.82) is 0 Å². The van der Waals surface area contributed by atoms with Gasteiger partial charge in [0.05, 0.1) is 6.04 Å². The van der Waals surface area contributed by atoms with Crippen LogP contribution in [0.5, 0.6) is 0 Å². The molecule has 1 heterocycles. The van der Waals surface area contributed by atoms with Crippen molar-refractivity contribution < 1.29 is 33.5 Å². The van der Waals surface area contributed by atoms with Crippen LogP contribution in [0.15, 0.2) is 0 Å². The summed E-state index contributed by atoms with van der Waals surface area (Å²) < 4.78 is 6.01. The van der Waals surface area contributed by atoms with Crippen molar-refractivity contribution in [3.05, 3.63) is 0 Å². The molecule has 0 bridgehead atoms. The minimum atomic E-state index is -1.11. The number of rotatable bonds is 14. The molecule has 0 aromatic rings.